The molecule has 0 atom stereocenters. The van der Waals surface area contributed by atoms with Gasteiger partial charge in [-0.1, -0.05) is 30.8 Å². The van der Waals surface area contributed by atoms with E-state index in [2.05, 4.69) is 5.16 Å². The summed E-state index contributed by atoms with van der Waals surface area (Å²) in [4.78, 5) is 0. The maximum Gasteiger partial charge on any atom is 0.159 e. The van der Waals surface area contributed by atoms with Gasteiger partial charge in [0.05, 0.1) is 0 Å². The van der Waals surface area contributed by atoms with Gasteiger partial charge in [0.15, 0.2) is 5.71 Å². The van der Waals surface area contributed by atoms with Gasteiger partial charge in [0.1, 0.15) is 6.07 Å². The Balaban J connectivity index is 2.54. The van der Waals surface area contributed by atoms with Crippen LogP contribution in [0.15, 0.2) is 5.16 Å². The molecule has 3 heteroatoms. The quantitative estimate of drug-likeness (QED) is 0.281. The lowest BCUT2D eigenvalue weighted by molar-refractivity contribution is 0.314. The van der Waals surface area contributed by atoms with Crippen molar-refractivity contribution >= 4 is 5.71 Å². The minimum absolute atomic E-state index is 0.211. The van der Waals surface area contributed by atoms with Crippen LogP contribution in [0.4, 0.5) is 0 Å². The Morgan fingerprint density at radius 1 is 1.25 bits per heavy atom. The number of oxime groups is 1. The molecule has 0 heterocycles. The minimum atomic E-state index is 0.211. The van der Waals surface area contributed by atoms with E-state index in [4.69, 9.17) is 10.5 Å². The smallest absolute Gasteiger partial charge is 0.159 e. The number of hydrogen-bond donors (Lipinski definition) is 1. The average molecular weight is 166 g/mol. The van der Waals surface area contributed by atoms with Crippen LogP contribution in [-0.2, 0) is 0 Å². The van der Waals surface area contributed by atoms with Crippen LogP contribution >= 0.6 is 0 Å². The lowest BCUT2D eigenvalue weighted by Gasteiger charge is -2.08. The lowest BCUT2D eigenvalue weighted by atomic mass is 9.96. The molecule has 0 amide bonds. The molecule has 0 aliphatic heterocycles. The Morgan fingerprint density at radius 2 is 1.83 bits per heavy atom. The number of nitrogens with zero attached hydrogens (tertiary/aromatic N) is 2. The van der Waals surface area contributed by atoms with Gasteiger partial charge in [0.25, 0.3) is 0 Å². The molecule has 0 aromatic rings. The molecule has 0 saturated heterocycles. The van der Waals surface area contributed by atoms with E-state index in [0.29, 0.717) is 5.71 Å². The molecule has 0 unspecified atom stereocenters. The molecular weight excluding hydrogens is 152 g/mol. The van der Waals surface area contributed by atoms with Crippen molar-refractivity contribution in [1.82, 2.24) is 0 Å². The Kier molecular flexibility index (Phi) is 3.59. The second kappa shape index (κ2) is 4.76. The van der Waals surface area contributed by atoms with Crippen molar-refractivity contribution in [2.75, 3.05) is 0 Å². The molecule has 0 spiro atoms. The van der Waals surface area contributed by atoms with Gasteiger partial charge in [-0.05, 0) is 12.8 Å². The summed E-state index contributed by atoms with van der Waals surface area (Å²) in [6.07, 6.45) is 6.83. The van der Waals surface area contributed by atoms with Crippen LogP contribution in [0.1, 0.15) is 38.5 Å². The Labute approximate surface area is 72.7 Å². The van der Waals surface area contributed by atoms with Gasteiger partial charge in [-0.25, -0.2) is 0 Å². The van der Waals surface area contributed by atoms with Crippen molar-refractivity contribution in [1.29, 1.82) is 5.26 Å². The lowest BCUT2D eigenvalue weighted by Crippen LogP contribution is -2.11. The van der Waals surface area contributed by atoms with E-state index in [1.807, 2.05) is 6.07 Å². The van der Waals surface area contributed by atoms with Crippen molar-refractivity contribution in [3.63, 3.8) is 0 Å². The summed E-state index contributed by atoms with van der Waals surface area (Å²) in [5.41, 5.74) is 0.317. The van der Waals surface area contributed by atoms with Gasteiger partial charge in [-0.3, -0.25) is 0 Å². The molecule has 1 aliphatic rings. The highest BCUT2D eigenvalue weighted by atomic mass is 16.4. The first kappa shape index (κ1) is 9.05. The zero-order valence-corrected chi connectivity index (χ0v) is 7.16. The summed E-state index contributed by atoms with van der Waals surface area (Å²) in [6.45, 7) is 0. The maximum atomic E-state index is 8.63. The molecule has 12 heavy (non-hydrogen) atoms. The van der Waals surface area contributed by atoms with Crippen LogP contribution in [-0.4, -0.2) is 10.9 Å². The van der Waals surface area contributed by atoms with Crippen LogP contribution in [0, 0.1) is 17.2 Å². The van der Waals surface area contributed by atoms with E-state index >= 15 is 0 Å². The van der Waals surface area contributed by atoms with Crippen molar-refractivity contribution in [3.8, 4) is 6.07 Å². The van der Waals surface area contributed by atoms with Gasteiger partial charge in [0, 0.05) is 5.92 Å². The van der Waals surface area contributed by atoms with Crippen molar-refractivity contribution in [2.45, 2.75) is 38.5 Å². The third-order valence-corrected chi connectivity index (χ3v) is 2.46. The van der Waals surface area contributed by atoms with Gasteiger partial charge in [0.2, 0.25) is 0 Å². The largest absolute Gasteiger partial charge is 0.410 e. The predicted octanol–water partition coefficient (Wildman–Crippen LogP) is 2.31. The van der Waals surface area contributed by atoms with E-state index < -0.39 is 0 Å². The number of hydrogen-bond acceptors (Lipinski definition) is 3. The van der Waals surface area contributed by atoms with Gasteiger partial charge < -0.3 is 5.21 Å². The molecule has 1 saturated carbocycles. The zero-order valence-electron chi connectivity index (χ0n) is 7.16. The average Bonchev–Trinajstić information content (AvgIpc) is 2.35. The number of nitriles is 1. The van der Waals surface area contributed by atoms with Crippen LogP contribution in [0.25, 0.3) is 0 Å². The van der Waals surface area contributed by atoms with Crippen LogP contribution in [0.3, 0.4) is 0 Å². The topological polar surface area (TPSA) is 56.4 Å². The molecule has 0 radical (unpaired) electrons. The second-order valence-electron chi connectivity index (χ2n) is 3.29. The van der Waals surface area contributed by atoms with Gasteiger partial charge in [-0.2, -0.15) is 5.26 Å². The van der Waals surface area contributed by atoms with E-state index in [0.717, 1.165) is 25.7 Å². The fraction of sp³-hybridized carbons (Fsp3) is 0.778. The van der Waals surface area contributed by atoms with Gasteiger partial charge >= 0.3 is 0 Å². The first-order valence-corrected chi connectivity index (χ1v) is 4.50. The van der Waals surface area contributed by atoms with E-state index in [1.54, 1.807) is 0 Å². The Bertz CT molecular complexity index is 197. The highest BCUT2D eigenvalue weighted by Gasteiger charge is 2.18. The highest BCUT2D eigenvalue weighted by Crippen LogP contribution is 2.23. The molecule has 1 fully saturated rings. The molecule has 0 aromatic heterocycles. The second-order valence-corrected chi connectivity index (χ2v) is 3.29. The molecule has 1 rings (SSSR count). The Morgan fingerprint density at radius 3 is 2.25 bits per heavy atom. The molecule has 3 nitrogen and oxygen atoms in total. The van der Waals surface area contributed by atoms with Crippen LogP contribution in [0.2, 0.25) is 0 Å². The number of rotatable bonds is 1. The van der Waals surface area contributed by atoms with Crippen molar-refractivity contribution < 1.29 is 5.21 Å². The minimum Gasteiger partial charge on any atom is -0.410 e. The first-order chi connectivity index (χ1) is 5.88. The zero-order chi connectivity index (χ0) is 8.81. The Hall–Kier alpha value is -1.04. The highest BCUT2D eigenvalue weighted by molar-refractivity contribution is 5.99. The predicted molar refractivity (Wildman–Crippen MR) is 46.0 cm³/mol. The van der Waals surface area contributed by atoms with Crippen molar-refractivity contribution in [3.05, 3.63) is 0 Å². The monoisotopic (exact) mass is 166 g/mol. The molecule has 66 valence electrons. The fourth-order valence-corrected chi connectivity index (χ4v) is 1.75. The molecule has 1 N–H and O–H groups in total. The van der Waals surface area contributed by atoms with E-state index in [9.17, 15) is 0 Å². The molecule has 0 bridgehead atoms. The summed E-state index contributed by atoms with van der Waals surface area (Å²) in [7, 11) is 0. The van der Waals surface area contributed by atoms with E-state index in [-0.39, 0.29) is 5.92 Å². The molecule has 0 aromatic carbocycles. The third-order valence-electron chi connectivity index (χ3n) is 2.46. The fourth-order valence-electron chi connectivity index (χ4n) is 1.75. The SMILES string of the molecule is N#C/C(=N\O)C1CCCCCC1. The van der Waals surface area contributed by atoms with Crippen molar-refractivity contribution in [2.24, 2.45) is 11.1 Å². The summed E-state index contributed by atoms with van der Waals surface area (Å²) in [6, 6.07) is 1.95. The summed E-state index contributed by atoms with van der Waals surface area (Å²) in [5.74, 6) is 0.211. The summed E-state index contributed by atoms with van der Waals surface area (Å²) in [5, 5.41) is 20.2. The van der Waals surface area contributed by atoms with Crippen LogP contribution in [0.5, 0.6) is 0 Å². The summed E-state index contributed by atoms with van der Waals surface area (Å²) >= 11 is 0. The van der Waals surface area contributed by atoms with E-state index in [1.165, 1.54) is 12.8 Å². The normalized spacial score (nSPS) is 21.4. The first-order valence-electron chi connectivity index (χ1n) is 4.50. The maximum absolute atomic E-state index is 8.63. The standard InChI is InChI=1S/C9H14N2O/c10-7-9(11-12)8-5-3-1-2-4-6-8/h8,12H,1-6H2/b11-9+. The van der Waals surface area contributed by atoms with Gasteiger partial charge in [-0.15, -0.1) is 0 Å². The third kappa shape index (κ3) is 2.23. The molecular formula is C9H14N2O. The van der Waals surface area contributed by atoms with Crippen LogP contribution < -0.4 is 0 Å². The molecule has 1 aliphatic carbocycles. The summed E-state index contributed by atoms with van der Waals surface area (Å²) < 4.78 is 0.